The maximum absolute atomic E-state index is 14.1. The van der Waals surface area contributed by atoms with Gasteiger partial charge in [-0.2, -0.15) is 5.26 Å². The molecule has 2 heterocycles. The maximum Gasteiger partial charge on any atom is 0.255 e. The highest BCUT2D eigenvalue weighted by molar-refractivity contribution is 5.94. The largest absolute Gasteiger partial charge is 0.363 e. The van der Waals surface area contributed by atoms with E-state index in [1.54, 1.807) is 34.2 Å². The van der Waals surface area contributed by atoms with E-state index in [0.29, 0.717) is 31.7 Å². The second-order valence-corrected chi connectivity index (χ2v) is 5.42. The van der Waals surface area contributed by atoms with E-state index in [1.807, 2.05) is 0 Å². The molecule has 0 N–H and O–H groups in total. The fourth-order valence-corrected chi connectivity index (χ4v) is 2.74. The van der Waals surface area contributed by atoms with Crippen LogP contribution in [0.25, 0.3) is 0 Å². The summed E-state index contributed by atoms with van der Waals surface area (Å²) in [4.78, 5) is 19.4. The summed E-state index contributed by atoms with van der Waals surface area (Å²) in [5, 5.41) is 8.75. The lowest BCUT2D eigenvalue weighted by atomic mass is 10.1. The smallest absolute Gasteiger partial charge is 0.255 e. The monoisotopic (exact) mass is 328 g/mol. The molecule has 0 saturated carbocycles. The van der Waals surface area contributed by atoms with Gasteiger partial charge in [-0.25, -0.2) is 8.78 Å². The molecule has 1 aliphatic heterocycles. The van der Waals surface area contributed by atoms with Gasteiger partial charge in [0.15, 0.2) is 11.6 Å². The minimum Gasteiger partial charge on any atom is -0.363 e. The van der Waals surface area contributed by atoms with E-state index in [1.165, 1.54) is 6.20 Å². The van der Waals surface area contributed by atoms with Crippen molar-refractivity contribution in [1.29, 1.82) is 5.26 Å². The number of piperazine rings is 1. The standard InChI is InChI=1S/C17H14F2N4O/c18-14-8-12(10-20)9-15(19)16(14)22-4-6-23(7-5-22)17(24)13-2-1-3-21-11-13/h1-3,8-9,11H,4-7H2. The summed E-state index contributed by atoms with van der Waals surface area (Å²) in [6.07, 6.45) is 3.08. The van der Waals surface area contributed by atoms with Crippen molar-refractivity contribution in [3.8, 4) is 6.07 Å². The third-order valence-corrected chi connectivity index (χ3v) is 3.94. The fourth-order valence-electron chi connectivity index (χ4n) is 2.74. The molecule has 0 bridgehead atoms. The van der Waals surface area contributed by atoms with Crippen LogP contribution in [0.4, 0.5) is 14.5 Å². The lowest BCUT2D eigenvalue weighted by molar-refractivity contribution is 0.0746. The Kier molecular flexibility index (Phi) is 4.38. The molecule has 1 fully saturated rings. The number of aromatic nitrogens is 1. The summed E-state index contributed by atoms with van der Waals surface area (Å²) in [6.45, 7) is 1.33. The highest BCUT2D eigenvalue weighted by Crippen LogP contribution is 2.26. The topological polar surface area (TPSA) is 60.2 Å². The molecular formula is C17H14F2N4O. The fraction of sp³-hybridized carbons (Fsp3) is 0.235. The number of halogens is 2. The number of rotatable bonds is 2. The number of nitriles is 1. The molecule has 0 unspecified atom stereocenters. The Bertz CT molecular complexity index is 773. The van der Waals surface area contributed by atoms with Gasteiger partial charge in [0.25, 0.3) is 5.91 Å². The van der Waals surface area contributed by atoms with Crippen LogP contribution in [0.3, 0.4) is 0 Å². The lowest BCUT2D eigenvalue weighted by Gasteiger charge is -2.36. The molecule has 24 heavy (non-hydrogen) atoms. The molecule has 1 aromatic carbocycles. The van der Waals surface area contributed by atoms with Crippen LogP contribution in [0, 0.1) is 23.0 Å². The van der Waals surface area contributed by atoms with E-state index < -0.39 is 11.6 Å². The lowest BCUT2D eigenvalue weighted by Crippen LogP contribution is -2.49. The second kappa shape index (κ2) is 6.62. The van der Waals surface area contributed by atoms with Crippen molar-refractivity contribution in [2.24, 2.45) is 0 Å². The number of carbonyl (C=O) groups is 1. The van der Waals surface area contributed by atoms with Crippen molar-refractivity contribution < 1.29 is 13.6 Å². The van der Waals surface area contributed by atoms with Crippen LogP contribution in [-0.4, -0.2) is 42.0 Å². The van der Waals surface area contributed by atoms with Gasteiger partial charge in [0.1, 0.15) is 5.69 Å². The van der Waals surface area contributed by atoms with Crippen molar-refractivity contribution in [2.45, 2.75) is 0 Å². The van der Waals surface area contributed by atoms with Gasteiger partial charge in [-0.15, -0.1) is 0 Å². The molecule has 3 rings (SSSR count). The van der Waals surface area contributed by atoms with Crippen molar-refractivity contribution in [3.05, 3.63) is 59.4 Å². The normalized spacial score (nSPS) is 14.4. The van der Waals surface area contributed by atoms with E-state index in [9.17, 15) is 13.6 Å². The molecule has 1 aromatic heterocycles. The van der Waals surface area contributed by atoms with Crippen LogP contribution >= 0.6 is 0 Å². The first-order valence-corrected chi connectivity index (χ1v) is 7.43. The number of amides is 1. The molecule has 0 spiro atoms. The Hall–Kier alpha value is -3.01. The summed E-state index contributed by atoms with van der Waals surface area (Å²) in [7, 11) is 0. The highest BCUT2D eigenvalue weighted by atomic mass is 19.1. The number of nitrogens with zero attached hydrogens (tertiary/aromatic N) is 4. The van der Waals surface area contributed by atoms with Crippen molar-refractivity contribution in [1.82, 2.24) is 9.88 Å². The van der Waals surface area contributed by atoms with Crippen LogP contribution in [0.15, 0.2) is 36.7 Å². The SMILES string of the molecule is N#Cc1cc(F)c(N2CCN(C(=O)c3cccnc3)CC2)c(F)c1. The van der Waals surface area contributed by atoms with Gasteiger partial charge in [-0.05, 0) is 24.3 Å². The summed E-state index contributed by atoms with van der Waals surface area (Å²) in [5.74, 6) is -1.68. The zero-order chi connectivity index (χ0) is 17.1. The summed E-state index contributed by atoms with van der Waals surface area (Å²) in [5.41, 5.74) is 0.281. The maximum atomic E-state index is 14.1. The van der Waals surface area contributed by atoms with Gasteiger partial charge in [0.2, 0.25) is 0 Å². The second-order valence-electron chi connectivity index (χ2n) is 5.42. The van der Waals surface area contributed by atoms with Gasteiger partial charge in [0, 0.05) is 38.6 Å². The Morgan fingerprint density at radius 1 is 1.17 bits per heavy atom. The zero-order valence-corrected chi connectivity index (χ0v) is 12.7. The van der Waals surface area contributed by atoms with E-state index in [4.69, 9.17) is 5.26 Å². The third-order valence-electron chi connectivity index (χ3n) is 3.94. The summed E-state index contributed by atoms with van der Waals surface area (Å²) >= 11 is 0. The number of anilines is 1. The van der Waals surface area contributed by atoms with Crippen molar-refractivity contribution in [3.63, 3.8) is 0 Å². The molecule has 0 radical (unpaired) electrons. The Balaban J connectivity index is 1.72. The summed E-state index contributed by atoms with van der Waals surface area (Å²) < 4.78 is 28.2. The zero-order valence-electron chi connectivity index (χ0n) is 12.7. The molecular weight excluding hydrogens is 314 g/mol. The molecule has 0 atom stereocenters. The Morgan fingerprint density at radius 3 is 2.38 bits per heavy atom. The number of hydrogen-bond donors (Lipinski definition) is 0. The van der Waals surface area contributed by atoms with Gasteiger partial charge >= 0.3 is 0 Å². The summed E-state index contributed by atoms with van der Waals surface area (Å²) in [6, 6.07) is 7.13. The van der Waals surface area contributed by atoms with Crippen LogP contribution < -0.4 is 4.90 Å². The molecule has 5 nitrogen and oxygen atoms in total. The van der Waals surface area contributed by atoms with Crippen molar-refractivity contribution >= 4 is 11.6 Å². The van der Waals surface area contributed by atoms with Gasteiger partial charge in [-0.3, -0.25) is 9.78 Å². The molecule has 2 aromatic rings. The first-order valence-electron chi connectivity index (χ1n) is 7.43. The molecule has 7 heteroatoms. The number of benzene rings is 1. The van der Waals surface area contributed by atoms with Gasteiger partial charge in [-0.1, -0.05) is 0 Å². The Labute approximate surface area is 137 Å². The highest BCUT2D eigenvalue weighted by Gasteiger charge is 2.26. The molecule has 122 valence electrons. The van der Waals surface area contributed by atoms with Crippen LogP contribution in [0.2, 0.25) is 0 Å². The molecule has 1 amide bonds. The first-order chi connectivity index (χ1) is 11.6. The first kappa shape index (κ1) is 15.9. The molecule has 1 saturated heterocycles. The van der Waals surface area contributed by atoms with Gasteiger partial charge in [0.05, 0.1) is 17.2 Å². The molecule has 0 aliphatic carbocycles. The van der Waals surface area contributed by atoms with Crippen LogP contribution in [-0.2, 0) is 0 Å². The van der Waals surface area contributed by atoms with E-state index in [0.717, 1.165) is 12.1 Å². The van der Waals surface area contributed by atoms with Crippen molar-refractivity contribution in [2.75, 3.05) is 31.1 Å². The number of pyridine rings is 1. The minimum absolute atomic E-state index is 0.0564. The predicted molar refractivity (Wildman–Crippen MR) is 83.4 cm³/mol. The van der Waals surface area contributed by atoms with E-state index >= 15 is 0 Å². The Morgan fingerprint density at radius 2 is 1.83 bits per heavy atom. The van der Waals surface area contributed by atoms with E-state index in [2.05, 4.69) is 4.98 Å². The van der Waals surface area contributed by atoms with E-state index in [-0.39, 0.29) is 17.2 Å². The van der Waals surface area contributed by atoms with Crippen LogP contribution in [0.5, 0.6) is 0 Å². The average Bonchev–Trinajstić information content (AvgIpc) is 2.61. The number of carbonyl (C=O) groups excluding carboxylic acids is 1. The minimum atomic E-state index is -0.765. The predicted octanol–water partition coefficient (Wildman–Crippen LogP) is 2.19. The molecule has 1 aliphatic rings. The quantitative estimate of drug-likeness (QED) is 0.848. The van der Waals surface area contributed by atoms with Crippen LogP contribution in [0.1, 0.15) is 15.9 Å². The number of hydrogen-bond acceptors (Lipinski definition) is 4. The van der Waals surface area contributed by atoms with Gasteiger partial charge < -0.3 is 9.80 Å². The average molecular weight is 328 g/mol. The third kappa shape index (κ3) is 3.04.